The van der Waals surface area contributed by atoms with Crippen molar-refractivity contribution in [2.75, 3.05) is 12.0 Å². The predicted molar refractivity (Wildman–Crippen MR) is 111 cm³/mol. The van der Waals surface area contributed by atoms with E-state index in [2.05, 4.69) is 0 Å². The summed E-state index contributed by atoms with van der Waals surface area (Å²) in [5.41, 5.74) is 1.22. The summed E-state index contributed by atoms with van der Waals surface area (Å²) in [7, 11) is 1.49. The number of hydrogen-bond donors (Lipinski definition) is 1. The fourth-order valence-electron chi connectivity index (χ4n) is 3.64. The highest BCUT2D eigenvalue weighted by atomic mass is 19.1. The van der Waals surface area contributed by atoms with Gasteiger partial charge in [0.15, 0.2) is 0 Å². The van der Waals surface area contributed by atoms with Gasteiger partial charge in [0, 0.05) is 16.8 Å². The molecule has 0 unspecified atom stereocenters. The molecule has 1 aliphatic heterocycles. The first-order valence-corrected chi connectivity index (χ1v) is 9.28. The van der Waals surface area contributed by atoms with Crippen LogP contribution in [0, 0.1) is 5.82 Å². The lowest BCUT2D eigenvalue weighted by atomic mass is 9.94. The number of nitrogens with zero attached hydrogens (tertiary/aromatic N) is 1. The Balaban J connectivity index is 1.98. The lowest BCUT2D eigenvalue weighted by Gasteiger charge is -2.26. The standard InChI is InChI=1S/C24H18FNO4/c1-30-19-10-6-5-9-18(19)21-20(22(27)15-7-3-2-4-8-15)23(28)24(29)26(21)17-13-11-16(25)12-14-17/h2-14,21,27H,1H3/b22-20+/t21-/m0/s1. The molecule has 3 aromatic carbocycles. The Labute approximate surface area is 172 Å². The Morgan fingerprint density at radius 2 is 1.57 bits per heavy atom. The van der Waals surface area contributed by atoms with E-state index in [0.717, 1.165) is 0 Å². The normalized spacial score (nSPS) is 17.9. The van der Waals surface area contributed by atoms with Gasteiger partial charge >= 0.3 is 0 Å². The molecule has 0 aromatic heterocycles. The second kappa shape index (κ2) is 7.83. The summed E-state index contributed by atoms with van der Waals surface area (Å²) in [4.78, 5) is 27.3. The minimum absolute atomic E-state index is 0.0555. The fourth-order valence-corrected chi connectivity index (χ4v) is 3.64. The van der Waals surface area contributed by atoms with Gasteiger partial charge in [-0.15, -0.1) is 0 Å². The summed E-state index contributed by atoms with van der Waals surface area (Å²) >= 11 is 0. The van der Waals surface area contributed by atoms with Crippen LogP contribution in [0.5, 0.6) is 5.75 Å². The van der Waals surface area contributed by atoms with Gasteiger partial charge in [-0.3, -0.25) is 14.5 Å². The maximum absolute atomic E-state index is 13.5. The van der Waals surface area contributed by atoms with Gasteiger partial charge in [-0.2, -0.15) is 0 Å². The third-order valence-electron chi connectivity index (χ3n) is 5.03. The van der Waals surface area contributed by atoms with Crippen molar-refractivity contribution in [2.45, 2.75) is 6.04 Å². The molecule has 1 aliphatic rings. The Kier molecular flexibility index (Phi) is 5.06. The number of anilines is 1. The van der Waals surface area contributed by atoms with E-state index in [1.165, 1.54) is 36.3 Å². The number of carbonyl (C=O) groups is 2. The van der Waals surface area contributed by atoms with Crippen molar-refractivity contribution in [2.24, 2.45) is 0 Å². The molecule has 1 saturated heterocycles. The molecule has 0 saturated carbocycles. The molecule has 0 aliphatic carbocycles. The summed E-state index contributed by atoms with van der Waals surface area (Å²) in [5.74, 6) is -1.93. The number of para-hydroxylation sites is 1. The molecule has 1 fully saturated rings. The monoisotopic (exact) mass is 403 g/mol. The van der Waals surface area contributed by atoms with Crippen LogP contribution in [0.25, 0.3) is 5.76 Å². The summed E-state index contributed by atoms with van der Waals surface area (Å²) in [5, 5.41) is 11.0. The molecular weight excluding hydrogens is 385 g/mol. The van der Waals surface area contributed by atoms with E-state index in [0.29, 0.717) is 22.6 Å². The van der Waals surface area contributed by atoms with Crippen molar-refractivity contribution in [1.82, 2.24) is 0 Å². The average Bonchev–Trinajstić information content (AvgIpc) is 3.05. The number of carbonyl (C=O) groups excluding carboxylic acids is 2. The molecule has 1 amide bonds. The van der Waals surface area contributed by atoms with Gasteiger partial charge in [0.25, 0.3) is 11.7 Å². The van der Waals surface area contributed by atoms with Gasteiger partial charge in [0.2, 0.25) is 0 Å². The van der Waals surface area contributed by atoms with Gasteiger partial charge in [-0.05, 0) is 30.3 Å². The number of methoxy groups -OCH3 is 1. The summed E-state index contributed by atoms with van der Waals surface area (Å²) in [6.45, 7) is 0. The zero-order valence-corrected chi connectivity index (χ0v) is 16.1. The molecule has 0 bridgehead atoms. The molecule has 0 radical (unpaired) electrons. The van der Waals surface area contributed by atoms with E-state index in [-0.39, 0.29) is 11.3 Å². The highest BCUT2D eigenvalue weighted by molar-refractivity contribution is 6.51. The Morgan fingerprint density at radius 3 is 2.23 bits per heavy atom. The zero-order valence-electron chi connectivity index (χ0n) is 16.1. The molecule has 1 atom stereocenters. The highest BCUT2D eigenvalue weighted by Crippen LogP contribution is 2.44. The number of aliphatic hydroxyl groups is 1. The molecule has 1 N–H and O–H groups in total. The van der Waals surface area contributed by atoms with Crippen molar-refractivity contribution < 1.29 is 23.8 Å². The van der Waals surface area contributed by atoms with Crippen LogP contribution in [0.3, 0.4) is 0 Å². The highest BCUT2D eigenvalue weighted by Gasteiger charge is 2.47. The largest absolute Gasteiger partial charge is 0.507 e. The second-order valence-corrected chi connectivity index (χ2v) is 6.75. The van der Waals surface area contributed by atoms with Gasteiger partial charge in [-0.25, -0.2) is 4.39 Å². The van der Waals surface area contributed by atoms with E-state index in [1.807, 2.05) is 0 Å². The lowest BCUT2D eigenvalue weighted by Crippen LogP contribution is -2.29. The minimum Gasteiger partial charge on any atom is -0.507 e. The van der Waals surface area contributed by atoms with Crippen LogP contribution in [-0.4, -0.2) is 23.9 Å². The summed E-state index contributed by atoms with van der Waals surface area (Å²) in [6.07, 6.45) is 0. The number of amides is 1. The number of ether oxygens (including phenoxy) is 1. The number of Topliss-reactive ketones (excluding diaryl/α,β-unsaturated/α-hetero) is 1. The maximum Gasteiger partial charge on any atom is 0.300 e. The van der Waals surface area contributed by atoms with E-state index in [4.69, 9.17) is 4.74 Å². The predicted octanol–water partition coefficient (Wildman–Crippen LogP) is 4.46. The minimum atomic E-state index is -0.938. The first kappa shape index (κ1) is 19.4. The smallest absolute Gasteiger partial charge is 0.300 e. The third-order valence-corrected chi connectivity index (χ3v) is 5.03. The first-order valence-electron chi connectivity index (χ1n) is 9.28. The average molecular weight is 403 g/mol. The molecule has 30 heavy (non-hydrogen) atoms. The van der Waals surface area contributed by atoms with Gasteiger partial charge in [0.05, 0.1) is 18.7 Å². The molecule has 6 heteroatoms. The van der Waals surface area contributed by atoms with Crippen LogP contribution >= 0.6 is 0 Å². The molecule has 0 spiro atoms. The van der Waals surface area contributed by atoms with Crippen LogP contribution in [0.2, 0.25) is 0 Å². The maximum atomic E-state index is 13.5. The Bertz CT molecular complexity index is 1140. The van der Waals surface area contributed by atoms with Crippen molar-refractivity contribution in [3.63, 3.8) is 0 Å². The number of hydrogen-bond acceptors (Lipinski definition) is 4. The quantitative estimate of drug-likeness (QED) is 0.397. The van der Waals surface area contributed by atoms with E-state index in [9.17, 15) is 19.1 Å². The van der Waals surface area contributed by atoms with Crippen LogP contribution in [0.4, 0.5) is 10.1 Å². The molecule has 4 rings (SSSR count). The fraction of sp³-hybridized carbons (Fsp3) is 0.0833. The number of halogens is 1. The lowest BCUT2D eigenvalue weighted by molar-refractivity contribution is -0.132. The van der Waals surface area contributed by atoms with Crippen LogP contribution in [0.15, 0.2) is 84.4 Å². The Hall–Kier alpha value is -3.93. The molecule has 150 valence electrons. The molecule has 1 heterocycles. The summed E-state index contributed by atoms with van der Waals surface area (Å²) in [6, 6.07) is 19.8. The van der Waals surface area contributed by atoms with Crippen LogP contribution in [-0.2, 0) is 9.59 Å². The van der Waals surface area contributed by atoms with Gasteiger partial charge in [0.1, 0.15) is 17.3 Å². The van der Waals surface area contributed by atoms with Gasteiger partial charge in [-0.1, -0.05) is 48.5 Å². The van der Waals surface area contributed by atoms with Crippen molar-refractivity contribution in [3.05, 3.63) is 101 Å². The Morgan fingerprint density at radius 1 is 0.933 bits per heavy atom. The van der Waals surface area contributed by atoms with Crippen molar-refractivity contribution >= 4 is 23.1 Å². The number of aliphatic hydroxyl groups excluding tert-OH is 1. The summed E-state index contributed by atoms with van der Waals surface area (Å²) < 4.78 is 18.9. The van der Waals surface area contributed by atoms with Gasteiger partial charge < -0.3 is 9.84 Å². The van der Waals surface area contributed by atoms with E-state index in [1.54, 1.807) is 54.6 Å². The molecule has 3 aromatic rings. The molecular formula is C24H18FNO4. The zero-order chi connectivity index (χ0) is 21.3. The number of benzene rings is 3. The topological polar surface area (TPSA) is 66.8 Å². The number of rotatable bonds is 4. The van der Waals surface area contributed by atoms with Crippen LogP contribution < -0.4 is 9.64 Å². The van der Waals surface area contributed by atoms with Crippen molar-refractivity contribution in [3.8, 4) is 5.75 Å². The van der Waals surface area contributed by atoms with E-state index < -0.39 is 23.5 Å². The third kappa shape index (κ3) is 3.22. The first-order chi connectivity index (χ1) is 14.5. The van der Waals surface area contributed by atoms with E-state index >= 15 is 0 Å². The van der Waals surface area contributed by atoms with Crippen LogP contribution in [0.1, 0.15) is 17.2 Å². The number of ketones is 1. The second-order valence-electron chi connectivity index (χ2n) is 6.75. The molecule has 5 nitrogen and oxygen atoms in total. The SMILES string of the molecule is COc1ccccc1[C@H]1/C(=C(\O)c2ccccc2)C(=O)C(=O)N1c1ccc(F)cc1. The van der Waals surface area contributed by atoms with Crippen molar-refractivity contribution in [1.29, 1.82) is 0 Å².